The number of nitro groups is 3. The van der Waals surface area contributed by atoms with E-state index in [0.717, 1.165) is 13.0 Å². The van der Waals surface area contributed by atoms with Crippen LogP contribution in [-0.2, 0) is 10.3 Å². The summed E-state index contributed by atoms with van der Waals surface area (Å²) in [4.78, 5) is 46.6. The van der Waals surface area contributed by atoms with E-state index in [4.69, 9.17) is 0 Å². The Bertz CT molecular complexity index is 1040. The van der Waals surface area contributed by atoms with Gasteiger partial charge in [0.1, 0.15) is 0 Å². The molecule has 0 saturated heterocycles. The van der Waals surface area contributed by atoms with Crippen LogP contribution in [0, 0.1) is 30.3 Å². The monoisotopic (exact) mass is 397 g/mol. The first kappa shape index (κ1) is 19.8. The maximum Gasteiger partial charge on any atom is 0.381 e. The molecule has 29 heavy (non-hydrogen) atoms. The summed E-state index contributed by atoms with van der Waals surface area (Å²) in [6.07, 6.45) is 0.864. The number of Topliss-reactive ketones (excluding diaryl/α,β-unsaturated/α-hetero) is 1. The lowest BCUT2D eigenvalue weighted by Gasteiger charge is -2.35. The second-order valence-electron chi connectivity index (χ2n) is 6.81. The van der Waals surface area contributed by atoms with E-state index in [-0.39, 0.29) is 16.7 Å². The normalized spacial score (nSPS) is 26.4. The summed E-state index contributed by atoms with van der Waals surface area (Å²) in [6.45, 7) is 0.928. The smallest absolute Gasteiger partial charge is 0.285 e. The van der Waals surface area contributed by atoms with Gasteiger partial charge in [0, 0.05) is 38.9 Å². The average Bonchev–Trinajstić information content (AvgIpc) is 2.69. The summed E-state index contributed by atoms with van der Waals surface area (Å²) in [5, 5.41) is 36.2. The molecule has 0 radical (unpaired) electrons. The topological polar surface area (TPSA) is 146 Å². The Balaban J connectivity index is 2.47. The van der Waals surface area contributed by atoms with Gasteiger partial charge in [-0.1, -0.05) is 60.7 Å². The number of benzene rings is 2. The first-order valence-corrected chi connectivity index (χ1v) is 8.48. The highest BCUT2D eigenvalue weighted by Gasteiger charge is 2.78. The number of nitrogens with zero attached hydrogens (tertiary/aromatic N) is 3. The van der Waals surface area contributed by atoms with Crippen LogP contribution in [0.2, 0.25) is 0 Å². The fourth-order valence-electron chi connectivity index (χ4n) is 3.81. The first-order valence-electron chi connectivity index (χ1n) is 8.48. The highest BCUT2D eigenvalue weighted by molar-refractivity contribution is 6.26. The van der Waals surface area contributed by atoms with Gasteiger partial charge in [0.05, 0.1) is 0 Å². The van der Waals surface area contributed by atoms with Crippen LogP contribution >= 0.6 is 0 Å². The fraction of sp³-hybridized carbons (Fsp3) is 0.211. The van der Waals surface area contributed by atoms with Crippen molar-refractivity contribution in [3.63, 3.8) is 0 Å². The van der Waals surface area contributed by atoms with E-state index in [2.05, 4.69) is 0 Å². The summed E-state index contributed by atoms with van der Waals surface area (Å²) in [6, 6.07) is 11.9. The van der Waals surface area contributed by atoms with Gasteiger partial charge in [-0.05, 0) is 5.56 Å². The Labute approximate surface area is 163 Å². The van der Waals surface area contributed by atoms with E-state index in [1.807, 2.05) is 0 Å². The highest BCUT2D eigenvalue weighted by atomic mass is 16.7. The zero-order chi connectivity index (χ0) is 21.4. The van der Waals surface area contributed by atoms with Crippen LogP contribution < -0.4 is 0 Å². The lowest BCUT2D eigenvalue weighted by atomic mass is 9.64. The molecular weight excluding hydrogens is 382 g/mol. The zero-order valence-corrected chi connectivity index (χ0v) is 15.1. The molecule has 3 atom stereocenters. The van der Waals surface area contributed by atoms with Gasteiger partial charge in [-0.3, -0.25) is 35.1 Å². The Kier molecular flexibility index (Phi) is 4.71. The van der Waals surface area contributed by atoms with Crippen molar-refractivity contribution in [3.05, 3.63) is 108 Å². The number of carbonyl (C=O) groups is 1. The SMILES string of the molecule is C[C@@]1([N+](=O)[O-])C=C(c2ccccc2)C(=O)[C@](c2ccccc2)([N+](=O)[O-])[C@@H]1[N+](=O)[O-]. The van der Waals surface area contributed by atoms with Crippen LogP contribution in [0.3, 0.4) is 0 Å². The molecule has 148 valence electrons. The molecule has 3 rings (SSSR count). The third-order valence-electron chi connectivity index (χ3n) is 5.17. The number of carbonyl (C=O) groups excluding carboxylic acids is 1. The maximum absolute atomic E-state index is 13.5. The van der Waals surface area contributed by atoms with Gasteiger partial charge >= 0.3 is 17.1 Å². The molecule has 10 nitrogen and oxygen atoms in total. The van der Waals surface area contributed by atoms with Gasteiger partial charge in [-0.25, -0.2) is 0 Å². The predicted molar refractivity (Wildman–Crippen MR) is 101 cm³/mol. The Morgan fingerprint density at radius 3 is 1.79 bits per heavy atom. The molecular formula is C19H15N3O7. The molecule has 0 fully saturated rings. The zero-order valence-electron chi connectivity index (χ0n) is 15.1. The Morgan fingerprint density at radius 1 is 0.828 bits per heavy atom. The lowest BCUT2D eigenvalue weighted by Crippen LogP contribution is -2.68. The van der Waals surface area contributed by atoms with Crippen LogP contribution in [0.1, 0.15) is 18.1 Å². The highest BCUT2D eigenvalue weighted by Crippen LogP contribution is 2.46. The summed E-state index contributed by atoms with van der Waals surface area (Å²) in [5.41, 5.74) is -5.86. The molecule has 2 aromatic carbocycles. The second kappa shape index (κ2) is 6.89. The number of hydrogen-bond donors (Lipinski definition) is 0. The Hall–Kier alpha value is -3.95. The van der Waals surface area contributed by atoms with Crippen molar-refractivity contribution in [3.8, 4) is 0 Å². The average molecular weight is 397 g/mol. The van der Waals surface area contributed by atoms with Crippen LogP contribution in [0.25, 0.3) is 5.57 Å². The van der Waals surface area contributed by atoms with Gasteiger partial charge < -0.3 is 0 Å². The molecule has 0 unspecified atom stereocenters. The third-order valence-corrected chi connectivity index (χ3v) is 5.17. The molecule has 0 bridgehead atoms. The minimum absolute atomic E-state index is 0.203. The van der Waals surface area contributed by atoms with Crippen molar-refractivity contribution in [1.82, 2.24) is 0 Å². The van der Waals surface area contributed by atoms with Gasteiger partial charge in [0.25, 0.3) is 5.78 Å². The van der Waals surface area contributed by atoms with Gasteiger partial charge in [0.15, 0.2) is 0 Å². The summed E-state index contributed by atoms with van der Waals surface area (Å²) in [5.74, 6) is -1.17. The summed E-state index contributed by atoms with van der Waals surface area (Å²) < 4.78 is 0. The fourth-order valence-corrected chi connectivity index (χ4v) is 3.81. The number of rotatable bonds is 5. The standard InChI is InChI=1S/C19H15N3O7/c1-18(21(26)27)12-15(13-8-4-2-5-9-13)16(23)19(22(28)29,17(18)20(24)25)14-10-6-3-7-11-14/h2-12,17H,1H3/t17-,18-,19+/m1/s1. The van der Waals surface area contributed by atoms with Crippen molar-refractivity contribution in [2.45, 2.75) is 24.0 Å². The maximum atomic E-state index is 13.5. The van der Waals surface area contributed by atoms with E-state index in [9.17, 15) is 35.1 Å². The molecule has 0 aromatic heterocycles. The largest absolute Gasteiger partial charge is 0.381 e. The quantitative estimate of drug-likeness (QED) is 0.556. The predicted octanol–water partition coefficient (Wildman–Crippen LogP) is 2.51. The Morgan fingerprint density at radius 2 is 1.34 bits per heavy atom. The van der Waals surface area contributed by atoms with Gasteiger partial charge in [-0.15, -0.1) is 0 Å². The summed E-state index contributed by atoms with van der Waals surface area (Å²) in [7, 11) is 0. The van der Waals surface area contributed by atoms with E-state index in [0.29, 0.717) is 0 Å². The molecule has 0 heterocycles. The van der Waals surface area contributed by atoms with E-state index in [1.165, 1.54) is 42.5 Å². The number of ketones is 1. The first-order chi connectivity index (χ1) is 13.7. The van der Waals surface area contributed by atoms with Crippen molar-refractivity contribution in [1.29, 1.82) is 0 Å². The van der Waals surface area contributed by atoms with Crippen molar-refractivity contribution in [2.24, 2.45) is 0 Å². The van der Waals surface area contributed by atoms with E-state index < -0.39 is 37.7 Å². The number of hydrogen-bond acceptors (Lipinski definition) is 7. The molecule has 0 N–H and O–H groups in total. The van der Waals surface area contributed by atoms with E-state index in [1.54, 1.807) is 18.2 Å². The molecule has 0 amide bonds. The molecule has 1 aliphatic rings. The van der Waals surface area contributed by atoms with Gasteiger partial charge in [0.2, 0.25) is 0 Å². The molecule has 2 aromatic rings. The van der Waals surface area contributed by atoms with Crippen LogP contribution in [0.15, 0.2) is 66.7 Å². The second-order valence-corrected chi connectivity index (χ2v) is 6.81. The third kappa shape index (κ3) is 2.76. The molecule has 0 saturated carbocycles. The van der Waals surface area contributed by atoms with Crippen LogP contribution in [-0.4, -0.2) is 32.1 Å². The molecule has 1 aliphatic carbocycles. The van der Waals surface area contributed by atoms with Crippen molar-refractivity contribution < 1.29 is 19.6 Å². The van der Waals surface area contributed by atoms with Gasteiger partial charge in [-0.2, -0.15) is 0 Å². The minimum atomic E-state index is -2.97. The lowest BCUT2D eigenvalue weighted by molar-refractivity contribution is -0.700. The molecule has 0 spiro atoms. The molecule has 10 heteroatoms. The van der Waals surface area contributed by atoms with Crippen LogP contribution in [0.4, 0.5) is 0 Å². The van der Waals surface area contributed by atoms with Crippen molar-refractivity contribution >= 4 is 11.4 Å². The van der Waals surface area contributed by atoms with Crippen LogP contribution in [0.5, 0.6) is 0 Å². The van der Waals surface area contributed by atoms with Crippen molar-refractivity contribution in [2.75, 3.05) is 0 Å². The molecule has 0 aliphatic heterocycles. The minimum Gasteiger partial charge on any atom is -0.285 e. The summed E-state index contributed by atoms with van der Waals surface area (Å²) >= 11 is 0. The van der Waals surface area contributed by atoms with E-state index >= 15 is 0 Å².